The maximum Gasteiger partial charge on any atom is 0.0985 e. The topological polar surface area (TPSA) is 55.9 Å². The minimum absolute atomic E-state index is 0.130. The van der Waals surface area contributed by atoms with Crippen LogP contribution in [0.25, 0.3) is 9.40 Å². The zero-order valence-electron chi connectivity index (χ0n) is 9.55. The summed E-state index contributed by atoms with van der Waals surface area (Å²) in [6, 6.07) is 4.14. The Morgan fingerprint density at radius 1 is 1.50 bits per heavy atom. The number of halogens is 1. The van der Waals surface area contributed by atoms with Crippen molar-refractivity contribution >= 4 is 43.7 Å². The SMILES string of the molecule is Cn1ncc(Cl)c1C(NN)c1cc2sccc2s1. The standard InChI is InChI=1S/C11H11ClN4S2/c1-16-11(6(12)5-14-16)10(15-13)9-4-8-7(18-9)2-3-17-8/h2-5,10,15H,13H2,1H3. The number of hydrazine groups is 1. The fraction of sp³-hybridized carbons (Fsp3) is 0.182. The number of thiophene rings is 2. The van der Waals surface area contributed by atoms with Crippen molar-refractivity contribution in [1.82, 2.24) is 15.2 Å². The molecule has 4 nitrogen and oxygen atoms in total. The molecule has 3 aromatic heterocycles. The highest BCUT2D eigenvalue weighted by molar-refractivity contribution is 7.27. The average Bonchev–Trinajstić information content (AvgIpc) is 2.99. The van der Waals surface area contributed by atoms with Gasteiger partial charge in [0, 0.05) is 21.3 Å². The second-order valence-electron chi connectivity index (χ2n) is 3.90. The summed E-state index contributed by atoms with van der Waals surface area (Å²) in [6.45, 7) is 0. The van der Waals surface area contributed by atoms with Gasteiger partial charge in [-0.25, -0.2) is 5.43 Å². The Labute approximate surface area is 117 Å². The Balaban J connectivity index is 2.10. The normalized spacial score (nSPS) is 13.3. The molecule has 3 heterocycles. The van der Waals surface area contributed by atoms with Crippen LogP contribution in [0.1, 0.15) is 16.6 Å². The third-order valence-corrected chi connectivity index (χ3v) is 5.27. The minimum Gasteiger partial charge on any atom is -0.270 e. The van der Waals surface area contributed by atoms with Crippen LogP contribution in [-0.2, 0) is 7.05 Å². The molecule has 3 rings (SSSR count). The summed E-state index contributed by atoms with van der Waals surface area (Å²) in [7, 11) is 1.86. The molecule has 0 spiro atoms. The first-order valence-electron chi connectivity index (χ1n) is 5.31. The molecular weight excluding hydrogens is 288 g/mol. The molecule has 0 radical (unpaired) electrons. The summed E-state index contributed by atoms with van der Waals surface area (Å²) in [4.78, 5) is 1.14. The number of nitrogens with two attached hydrogens (primary N) is 1. The van der Waals surface area contributed by atoms with Crippen LogP contribution in [0.3, 0.4) is 0 Å². The van der Waals surface area contributed by atoms with E-state index in [0.29, 0.717) is 5.02 Å². The first-order valence-corrected chi connectivity index (χ1v) is 7.38. The second-order valence-corrected chi connectivity index (χ2v) is 6.37. The molecule has 3 aromatic rings. The zero-order chi connectivity index (χ0) is 12.7. The molecule has 18 heavy (non-hydrogen) atoms. The summed E-state index contributed by atoms with van der Waals surface area (Å²) in [5.74, 6) is 5.68. The van der Waals surface area contributed by atoms with Crippen LogP contribution in [0, 0.1) is 0 Å². The maximum atomic E-state index is 6.17. The number of aryl methyl sites for hydroxylation is 1. The van der Waals surface area contributed by atoms with Crippen LogP contribution in [-0.4, -0.2) is 9.78 Å². The number of rotatable bonds is 3. The maximum absolute atomic E-state index is 6.17. The Bertz CT molecular complexity index is 636. The van der Waals surface area contributed by atoms with E-state index in [4.69, 9.17) is 17.4 Å². The van der Waals surface area contributed by atoms with Gasteiger partial charge >= 0.3 is 0 Å². The van der Waals surface area contributed by atoms with Crippen LogP contribution >= 0.6 is 34.3 Å². The number of hydrogen-bond acceptors (Lipinski definition) is 5. The number of aromatic nitrogens is 2. The molecule has 0 aliphatic heterocycles. The van der Waals surface area contributed by atoms with E-state index in [9.17, 15) is 0 Å². The number of hydrogen-bond donors (Lipinski definition) is 2. The number of fused-ring (bicyclic) bond motifs is 1. The highest BCUT2D eigenvalue weighted by Crippen LogP contribution is 2.37. The van der Waals surface area contributed by atoms with Crippen molar-refractivity contribution in [3.63, 3.8) is 0 Å². The molecule has 1 unspecified atom stereocenters. The van der Waals surface area contributed by atoms with Crippen molar-refractivity contribution in [2.45, 2.75) is 6.04 Å². The Morgan fingerprint density at radius 2 is 2.33 bits per heavy atom. The van der Waals surface area contributed by atoms with Crippen LogP contribution in [0.5, 0.6) is 0 Å². The van der Waals surface area contributed by atoms with Gasteiger partial charge in [-0.1, -0.05) is 11.6 Å². The predicted octanol–water partition coefficient (Wildman–Crippen LogP) is 2.90. The lowest BCUT2D eigenvalue weighted by molar-refractivity contribution is 0.582. The van der Waals surface area contributed by atoms with Gasteiger partial charge in [0.1, 0.15) is 0 Å². The number of nitrogens with one attached hydrogen (secondary N) is 1. The summed E-state index contributed by atoms with van der Waals surface area (Å²) < 4.78 is 4.29. The van der Waals surface area contributed by atoms with E-state index in [-0.39, 0.29) is 6.04 Å². The molecule has 0 saturated heterocycles. The van der Waals surface area contributed by atoms with Crippen LogP contribution in [0.4, 0.5) is 0 Å². The minimum atomic E-state index is -0.130. The van der Waals surface area contributed by atoms with E-state index in [1.54, 1.807) is 33.6 Å². The molecule has 3 N–H and O–H groups in total. The summed E-state index contributed by atoms with van der Waals surface area (Å²) >= 11 is 9.62. The van der Waals surface area contributed by atoms with E-state index in [1.807, 2.05) is 7.05 Å². The van der Waals surface area contributed by atoms with Gasteiger partial charge in [0.15, 0.2) is 0 Å². The Morgan fingerprint density at radius 3 is 2.94 bits per heavy atom. The molecule has 0 aliphatic carbocycles. The van der Waals surface area contributed by atoms with E-state index in [0.717, 1.165) is 10.6 Å². The van der Waals surface area contributed by atoms with Gasteiger partial charge in [0.05, 0.1) is 23.0 Å². The highest BCUT2D eigenvalue weighted by atomic mass is 35.5. The largest absolute Gasteiger partial charge is 0.270 e. The van der Waals surface area contributed by atoms with Crippen molar-refractivity contribution in [3.8, 4) is 0 Å². The molecule has 0 bridgehead atoms. The van der Waals surface area contributed by atoms with Gasteiger partial charge in [0.2, 0.25) is 0 Å². The molecule has 7 heteroatoms. The third-order valence-electron chi connectivity index (χ3n) is 2.82. The summed E-state index contributed by atoms with van der Waals surface area (Å²) in [5.41, 5.74) is 3.71. The highest BCUT2D eigenvalue weighted by Gasteiger charge is 2.22. The molecular formula is C11H11ClN4S2. The van der Waals surface area contributed by atoms with Crippen molar-refractivity contribution in [3.05, 3.63) is 39.3 Å². The van der Waals surface area contributed by atoms with Crippen LogP contribution < -0.4 is 11.3 Å². The van der Waals surface area contributed by atoms with E-state index in [2.05, 4.69) is 28.0 Å². The van der Waals surface area contributed by atoms with Gasteiger partial charge < -0.3 is 0 Å². The van der Waals surface area contributed by atoms with Gasteiger partial charge in [0.25, 0.3) is 0 Å². The summed E-state index contributed by atoms with van der Waals surface area (Å²) in [6.07, 6.45) is 1.64. The smallest absolute Gasteiger partial charge is 0.0985 e. The molecule has 0 amide bonds. The van der Waals surface area contributed by atoms with Crippen molar-refractivity contribution in [1.29, 1.82) is 0 Å². The van der Waals surface area contributed by atoms with E-state index in [1.165, 1.54) is 9.40 Å². The number of nitrogens with zero attached hydrogens (tertiary/aromatic N) is 2. The summed E-state index contributed by atoms with van der Waals surface area (Å²) in [5, 5.41) is 6.86. The molecule has 0 aliphatic rings. The fourth-order valence-corrected chi connectivity index (χ4v) is 4.43. The first-order chi connectivity index (χ1) is 8.70. The Hall–Kier alpha value is -0.920. The molecule has 1 atom stereocenters. The molecule has 0 saturated carbocycles. The van der Waals surface area contributed by atoms with Crippen LogP contribution in [0.15, 0.2) is 23.7 Å². The van der Waals surface area contributed by atoms with Crippen molar-refractivity contribution < 1.29 is 0 Å². The average molecular weight is 299 g/mol. The Kier molecular flexibility index (Phi) is 3.13. The molecule has 0 aromatic carbocycles. The molecule has 0 fully saturated rings. The molecule has 94 valence electrons. The van der Waals surface area contributed by atoms with Gasteiger partial charge in [-0.15, -0.1) is 22.7 Å². The van der Waals surface area contributed by atoms with Crippen molar-refractivity contribution in [2.75, 3.05) is 0 Å². The van der Waals surface area contributed by atoms with Gasteiger partial charge in [-0.2, -0.15) is 5.10 Å². The zero-order valence-corrected chi connectivity index (χ0v) is 11.9. The fourth-order valence-electron chi connectivity index (χ4n) is 1.97. The van der Waals surface area contributed by atoms with Crippen molar-refractivity contribution in [2.24, 2.45) is 12.9 Å². The second kappa shape index (κ2) is 4.64. The quantitative estimate of drug-likeness (QED) is 0.577. The third kappa shape index (κ3) is 1.86. The van der Waals surface area contributed by atoms with E-state index >= 15 is 0 Å². The van der Waals surface area contributed by atoms with Gasteiger partial charge in [-0.05, 0) is 17.5 Å². The van der Waals surface area contributed by atoms with E-state index < -0.39 is 0 Å². The monoisotopic (exact) mass is 298 g/mol. The predicted molar refractivity (Wildman–Crippen MR) is 77.1 cm³/mol. The lowest BCUT2D eigenvalue weighted by Crippen LogP contribution is -2.30. The lowest BCUT2D eigenvalue weighted by atomic mass is 10.2. The van der Waals surface area contributed by atoms with Crippen LogP contribution in [0.2, 0.25) is 5.02 Å². The lowest BCUT2D eigenvalue weighted by Gasteiger charge is -2.15. The first kappa shape index (κ1) is 12.1. The van der Waals surface area contributed by atoms with Gasteiger partial charge in [-0.3, -0.25) is 10.5 Å².